The van der Waals surface area contributed by atoms with E-state index < -0.39 is 5.41 Å². The van der Waals surface area contributed by atoms with E-state index in [2.05, 4.69) is 179 Å². The summed E-state index contributed by atoms with van der Waals surface area (Å²) >= 11 is 10.3. The second-order valence-electron chi connectivity index (χ2n) is 17.2. The molecule has 2 aliphatic heterocycles. The van der Waals surface area contributed by atoms with Crippen LogP contribution in [0.4, 0.5) is 15.8 Å². The average Bonchev–Trinajstić information content (AvgIpc) is 3.65. The van der Waals surface area contributed by atoms with Gasteiger partial charge in [-0.15, -0.1) is 0 Å². The summed E-state index contributed by atoms with van der Waals surface area (Å²) in [6.07, 6.45) is 20.6. The Kier molecular flexibility index (Phi) is 11.5. The molecule has 0 N–H and O–H groups in total. The second kappa shape index (κ2) is 17.1. The monoisotopic (exact) mass is 873 g/mol. The minimum Gasteiger partial charge on any atom is -0.347 e. The van der Waals surface area contributed by atoms with Gasteiger partial charge in [0.05, 0.1) is 5.41 Å². The molecule has 0 amide bonds. The first kappa shape index (κ1) is 40.4. The summed E-state index contributed by atoms with van der Waals surface area (Å²) in [6.45, 7) is 2.34. The molecule has 0 spiro atoms. The van der Waals surface area contributed by atoms with Crippen molar-refractivity contribution in [2.75, 3.05) is 11.9 Å². The van der Waals surface area contributed by atoms with Crippen LogP contribution < -0.4 is 4.90 Å². The summed E-state index contributed by atoms with van der Waals surface area (Å²) in [6, 6.07) is 47.3. The Morgan fingerprint density at radius 2 is 1.52 bits per heavy atom. The van der Waals surface area contributed by atoms with Crippen LogP contribution in [0.3, 0.4) is 0 Å². The van der Waals surface area contributed by atoms with Gasteiger partial charge in [0, 0.05) is 63.9 Å². The molecule has 9 rings (SSSR count). The standard InChI is InChI=1S/C55H52BrClFN2/c1-54(38-42-27-29-43(56)35-48(42)58)51(60(45-22-11-5-12-23-45)50-31-28-41-21-15-16-24-46(41)53(50)54)25-13-6-14-26-52-55(37-40-19-9-4-10-20-40,34-33-39-17-7-3-8-18-39)47-36-44(57)30-32-49(47)59(52)2/h3-4,6-10,13-21,24-32,35-36,45H,5,11-12,22-23,33-34,37-38H2,1-2H3/q+1. The maximum atomic E-state index is 15.8. The molecule has 0 bridgehead atoms. The normalized spacial score (nSPS) is 21.2. The third kappa shape index (κ3) is 7.63. The molecule has 2 heterocycles. The number of aryl methyl sites for hydroxylation is 1. The van der Waals surface area contributed by atoms with Crippen molar-refractivity contribution in [1.29, 1.82) is 0 Å². The van der Waals surface area contributed by atoms with E-state index in [4.69, 9.17) is 11.6 Å². The summed E-state index contributed by atoms with van der Waals surface area (Å²) in [4.78, 5) is 2.37. The molecule has 1 fully saturated rings. The summed E-state index contributed by atoms with van der Waals surface area (Å²) in [7, 11) is 2.20. The van der Waals surface area contributed by atoms with Gasteiger partial charge in [0.2, 0.25) is 5.69 Å². The molecule has 2 unspecified atom stereocenters. The van der Waals surface area contributed by atoms with E-state index in [1.807, 2.05) is 18.2 Å². The molecule has 1 aliphatic carbocycles. The highest BCUT2D eigenvalue weighted by Crippen LogP contribution is 2.53. The number of halogens is 3. The Balaban J connectivity index is 1.15. The fourth-order valence-electron chi connectivity index (χ4n) is 10.7. The molecule has 6 aromatic rings. The first-order chi connectivity index (χ1) is 29.2. The highest BCUT2D eigenvalue weighted by atomic mass is 79.9. The van der Waals surface area contributed by atoms with E-state index in [0.29, 0.717) is 12.5 Å². The minimum absolute atomic E-state index is 0.174. The summed E-state index contributed by atoms with van der Waals surface area (Å²) in [5, 5.41) is 3.22. The summed E-state index contributed by atoms with van der Waals surface area (Å²) < 4.78 is 19.2. The van der Waals surface area contributed by atoms with Gasteiger partial charge in [-0.25, -0.2) is 4.39 Å². The first-order valence-electron chi connectivity index (χ1n) is 21.6. The predicted molar refractivity (Wildman–Crippen MR) is 254 cm³/mol. The van der Waals surface area contributed by atoms with E-state index in [9.17, 15) is 0 Å². The average molecular weight is 875 g/mol. The van der Waals surface area contributed by atoms with Crippen LogP contribution in [0.1, 0.15) is 73.3 Å². The zero-order valence-electron chi connectivity index (χ0n) is 34.6. The Morgan fingerprint density at radius 1 is 0.783 bits per heavy atom. The third-order valence-electron chi connectivity index (χ3n) is 13.5. The van der Waals surface area contributed by atoms with Crippen LogP contribution in [0.15, 0.2) is 174 Å². The van der Waals surface area contributed by atoms with Crippen molar-refractivity contribution in [3.63, 3.8) is 0 Å². The number of anilines is 1. The molecule has 2 nitrogen and oxygen atoms in total. The van der Waals surface area contributed by atoms with Crippen LogP contribution >= 0.6 is 27.5 Å². The molecule has 2 atom stereocenters. The lowest BCUT2D eigenvalue weighted by Crippen LogP contribution is -2.37. The number of hydrogen-bond donors (Lipinski definition) is 0. The zero-order chi connectivity index (χ0) is 41.3. The molecule has 60 heavy (non-hydrogen) atoms. The van der Waals surface area contributed by atoms with Gasteiger partial charge in [0.1, 0.15) is 5.82 Å². The maximum absolute atomic E-state index is 15.8. The molecule has 1 saturated carbocycles. The van der Waals surface area contributed by atoms with Gasteiger partial charge in [0.15, 0.2) is 11.8 Å². The molecule has 3 aliphatic rings. The van der Waals surface area contributed by atoms with E-state index in [1.54, 1.807) is 6.07 Å². The SMILES string of the molecule is CN1/C(=C/C=C/C=C/C2=[N+](C3CCCCC3)c3ccc4ccccc4c3C2(C)Cc2ccc(Br)cc2F)C(CCc2ccccc2)(Cc2ccccc2)c2cc(Cl)ccc21. The topological polar surface area (TPSA) is 6.25 Å². The lowest BCUT2D eigenvalue weighted by atomic mass is 9.71. The number of benzene rings is 6. The highest BCUT2D eigenvalue weighted by Gasteiger charge is 2.51. The van der Waals surface area contributed by atoms with Crippen LogP contribution in [-0.4, -0.2) is 23.4 Å². The second-order valence-corrected chi connectivity index (χ2v) is 18.6. The van der Waals surface area contributed by atoms with E-state index in [1.165, 1.54) is 75.1 Å². The first-order valence-corrected chi connectivity index (χ1v) is 22.7. The molecular formula is C55H52BrClFN2+. The fraction of sp³-hybridized carbons (Fsp3) is 0.255. The van der Waals surface area contributed by atoms with E-state index >= 15 is 4.39 Å². The molecular weight excluding hydrogens is 823 g/mol. The predicted octanol–water partition coefficient (Wildman–Crippen LogP) is 14.6. The maximum Gasteiger partial charge on any atom is 0.210 e. The lowest BCUT2D eigenvalue weighted by molar-refractivity contribution is -0.487. The van der Waals surface area contributed by atoms with Crippen molar-refractivity contribution in [3.8, 4) is 0 Å². The van der Waals surface area contributed by atoms with Crippen molar-refractivity contribution in [1.82, 2.24) is 0 Å². The van der Waals surface area contributed by atoms with E-state index in [-0.39, 0.29) is 11.2 Å². The number of allylic oxidation sites excluding steroid dienone is 6. The van der Waals surface area contributed by atoms with Crippen LogP contribution in [-0.2, 0) is 30.1 Å². The van der Waals surface area contributed by atoms with Crippen molar-refractivity contribution in [2.45, 2.75) is 81.6 Å². The quantitative estimate of drug-likeness (QED) is 0.0928. The Labute approximate surface area is 368 Å². The lowest BCUT2D eigenvalue weighted by Gasteiger charge is -2.33. The van der Waals surface area contributed by atoms with Gasteiger partial charge in [-0.2, -0.15) is 4.58 Å². The number of likely N-dealkylation sites (N-methyl/N-ethyl adjacent to an activating group) is 1. The number of rotatable bonds is 11. The van der Waals surface area contributed by atoms with Gasteiger partial charge in [-0.3, -0.25) is 0 Å². The van der Waals surface area contributed by atoms with Crippen LogP contribution in [0.5, 0.6) is 0 Å². The minimum atomic E-state index is -0.472. The zero-order valence-corrected chi connectivity index (χ0v) is 36.9. The largest absolute Gasteiger partial charge is 0.347 e. The highest BCUT2D eigenvalue weighted by molar-refractivity contribution is 9.10. The van der Waals surface area contributed by atoms with Crippen LogP contribution in [0.2, 0.25) is 5.02 Å². The molecule has 0 saturated heterocycles. The number of nitrogens with zero attached hydrogens (tertiary/aromatic N) is 2. The van der Waals surface area contributed by atoms with Crippen LogP contribution in [0, 0.1) is 5.82 Å². The number of hydrogen-bond acceptors (Lipinski definition) is 1. The van der Waals surface area contributed by atoms with Gasteiger partial charge < -0.3 is 4.90 Å². The van der Waals surface area contributed by atoms with Gasteiger partial charge in [-0.1, -0.05) is 143 Å². The van der Waals surface area contributed by atoms with E-state index in [0.717, 1.165) is 47.2 Å². The molecule has 0 radical (unpaired) electrons. The Hall–Kier alpha value is -5.03. The fourth-order valence-corrected chi connectivity index (χ4v) is 11.2. The molecule has 6 aromatic carbocycles. The summed E-state index contributed by atoms with van der Waals surface area (Å²) in [5.74, 6) is -0.174. The van der Waals surface area contributed by atoms with Gasteiger partial charge >= 0.3 is 0 Å². The van der Waals surface area contributed by atoms with Crippen LogP contribution in [0.25, 0.3) is 10.8 Å². The van der Waals surface area contributed by atoms with Crippen molar-refractivity contribution < 1.29 is 8.97 Å². The Bertz CT molecular complexity index is 2660. The molecule has 0 aromatic heterocycles. The van der Waals surface area contributed by atoms with Gasteiger partial charge in [0.25, 0.3) is 0 Å². The number of fused-ring (bicyclic) bond motifs is 4. The van der Waals surface area contributed by atoms with Crippen molar-refractivity contribution in [2.24, 2.45) is 0 Å². The summed E-state index contributed by atoms with van der Waals surface area (Å²) in [5.41, 5.74) is 10.1. The van der Waals surface area contributed by atoms with Crippen molar-refractivity contribution >= 4 is 55.4 Å². The Morgan fingerprint density at radius 3 is 2.28 bits per heavy atom. The molecule has 302 valence electrons. The molecule has 5 heteroatoms. The van der Waals surface area contributed by atoms with Crippen molar-refractivity contribution in [3.05, 3.63) is 213 Å². The van der Waals surface area contributed by atoms with Gasteiger partial charge in [-0.05, 0) is 121 Å². The third-order valence-corrected chi connectivity index (χ3v) is 14.2. The smallest absolute Gasteiger partial charge is 0.210 e.